The Morgan fingerprint density at radius 2 is 1.89 bits per heavy atom. The molecule has 0 aliphatic carbocycles. The SMILES string of the molecule is Cc1ccc(CC=CCOC(=O)C(Br)C(C)C)cc1. The van der Waals surface area contributed by atoms with Crippen LogP contribution in [0.5, 0.6) is 0 Å². The summed E-state index contributed by atoms with van der Waals surface area (Å²) < 4.78 is 5.15. The molecule has 0 spiro atoms. The number of allylic oxidation sites excluding steroid dienone is 1. The minimum absolute atomic E-state index is 0.199. The van der Waals surface area contributed by atoms with Crippen LogP contribution in [-0.2, 0) is 16.0 Å². The van der Waals surface area contributed by atoms with Crippen molar-refractivity contribution in [2.24, 2.45) is 5.92 Å². The third-order valence-electron chi connectivity index (χ3n) is 2.77. The number of alkyl halides is 1. The third-order valence-corrected chi connectivity index (χ3v) is 4.20. The number of esters is 1. The molecule has 0 aliphatic rings. The molecule has 1 aromatic carbocycles. The van der Waals surface area contributed by atoms with E-state index in [2.05, 4.69) is 47.1 Å². The van der Waals surface area contributed by atoms with Crippen molar-refractivity contribution in [3.63, 3.8) is 0 Å². The highest BCUT2D eigenvalue weighted by Gasteiger charge is 2.19. The van der Waals surface area contributed by atoms with Gasteiger partial charge in [-0.25, -0.2) is 0 Å². The summed E-state index contributed by atoms with van der Waals surface area (Å²) in [5, 5.41) is 0. The van der Waals surface area contributed by atoms with Crippen LogP contribution >= 0.6 is 15.9 Å². The van der Waals surface area contributed by atoms with Crippen LogP contribution in [0.2, 0.25) is 0 Å². The van der Waals surface area contributed by atoms with Gasteiger partial charge in [0.05, 0.1) is 0 Å². The fraction of sp³-hybridized carbons (Fsp3) is 0.438. The standard InChI is InChI=1S/C16H21BrO2/c1-12(2)15(17)16(18)19-11-5-4-6-14-9-7-13(3)8-10-14/h4-5,7-10,12,15H,6,11H2,1-3H3. The maximum absolute atomic E-state index is 11.6. The molecule has 1 aromatic rings. The molecule has 1 atom stereocenters. The molecular formula is C16H21BrO2. The Balaban J connectivity index is 2.28. The molecule has 0 aliphatic heterocycles. The third kappa shape index (κ3) is 6.06. The van der Waals surface area contributed by atoms with Crippen LogP contribution in [0.1, 0.15) is 25.0 Å². The van der Waals surface area contributed by atoms with Gasteiger partial charge < -0.3 is 4.74 Å². The maximum Gasteiger partial charge on any atom is 0.320 e. The number of benzene rings is 1. The smallest absolute Gasteiger partial charge is 0.320 e. The van der Waals surface area contributed by atoms with Crippen molar-refractivity contribution in [2.75, 3.05) is 6.61 Å². The van der Waals surface area contributed by atoms with E-state index in [4.69, 9.17) is 4.74 Å². The molecule has 1 unspecified atom stereocenters. The summed E-state index contributed by atoms with van der Waals surface area (Å²) in [6.07, 6.45) is 4.77. The average molecular weight is 325 g/mol. The second-order valence-electron chi connectivity index (χ2n) is 4.94. The zero-order valence-electron chi connectivity index (χ0n) is 11.7. The van der Waals surface area contributed by atoms with E-state index < -0.39 is 0 Å². The quantitative estimate of drug-likeness (QED) is 0.448. The molecule has 0 saturated heterocycles. The van der Waals surface area contributed by atoms with Crippen molar-refractivity contribution in [1.82, 2.24) is 0 Å². The van der Waals surface area contributed by atoms with E-state index in [1.807, 2.05) is 26.0 Å². The minimum Gasteiger partial charge on any atom is -0.461 e. The van der Waals surface area contributed by atoms with Gasteiger partial charge in [-0.15, -0.1) is 0 Å². The van der Waals surface area contributed by atoms with Crippen LogP contribution in [0.15, 0.2) is 36.4 Å². The van der Waals surface area contributed by atoms with Crippen LogP contribution in [-0.4, -0.2) is 17.4 Å². The van der Waals surface area contributed by atoms with Crippen LogP contribution < -0.4 is 0 Å². The summed E-state index contributed by atoms with van der Waals surface area (Å²) in [4.78, 5) is 11.3. The first-order valence-electron chi connectivity index (χ1n) is 6.52. The number of rotatable bonds is 6. The first-order valence-corrected chi connectivity index (χ1v) is 7.43. The van der Waals surface area contributed by atoms with E-state index in [-0.39, 0.29) is 16.7 Å². The van der Waals surface area contributed by atoms with Crippen LogP contribution in [0.3, 0.4) is 0 Å². The zero-order valence-corrected chi connectivity index (χ0v) is 13.3. The van der Waals surface area contributed by atoms with Crippen LogP contribution in [0.4, 0.5) is 0 Å². The van der Waals surface area contributed by atoms with E-state index in [1.54, 1.807) is 0 Å². The number of carbonyl (C=O) groups excluding carboxylic acids is 1. The van der Waals surface area contributed by atoms with Crippen molar-refractivity contribution in [1.29, 1.82) is 0 Å². The van der Waals surface area contributed by atoms with Gasteiger partial charge >= 0.3 is 5.97 Å². The lowest BCUT2D eigenvalue weighted by Crippen LogP contribution is -2.22. The lowest BCUT2D eigenvalue weighted by atomic mass is 10.1. The fourth-order valence-electron chi connectivity index (χ4n) is 1.49. The Hall–Kier alpha value is -1.09. The predicted octanol–water partition coefficient (Wildman–Crippen LogP) is 4.06. The molecular weight excluding hydrogens is 304 g/mol. The summed E-state index contributed by atoms with van der Waals surface area (Å²) in [5.41, 5.74) is 2.52. The summed E-state index contributed by atoms with van der Waals surface area (Å²) >= 11 is 3.32. The molecule has 0 aromatic heterocycles. The first kappa shape index (κ1) is 16.0. The van der Waals surface area contributed by atoms with Crippen molar-refractivity contribution < 1.29 is 9.53 Å². The van der Waals surface area contributed by atoms with E-state index in [9.17, 15) is 4.79 Å². The maximum atomic E-state index is 11.6. The van der Waals surface area contributed by atoms with Gasteiger partial charge in [-0.1, -0.05) is 71.8 Å². The highest BCUT2D eigenvalue weighted by Crippen LogP contribution is 2.13. The highest BCUT2D eigenvalue weighted by molar-refractivity contribution is 9.10. The predicted molar refractivity (Wildman–Crippen MR) is 82.5 cm³/mol. The molecule has 19 heavy (non-hydrogen) atoms. The fourth-order valence-corrected chi connectivity index (χ4v) is 1.63. The Morgan fingerprint density at radius 1 is 1.26 bits per heavy atom. The second-order valence-corrected chi connectivity index (χ2v) is 5.92. The summed E-state index contributed by atoms with van der Waals surface area (Å²) in [7, 11) is 0. The molecule has 0 heterocycles. The van der Waals surface area contributed by atoms with Gasteiger partial charge in [-0.3, -0.25) is 4.79 Å². The molecule has 0 saturated carbocycles. The molecule has 104 valence electrons. The number of aryl methyl sites for hydroxylation is 1. The number of ether oxygens (including phenoxy) is 1. The molecule has 0 fully saturated rings. The number of carbonyl (C=O) groups is 1. The molecule has 2 nitrogen and oxygen atoms in total. The average Bonchev–Trinajstić information content (AvgIpc) is 2.39. The molecule has 3 heteroatoms. The number of halogens is 1. The normalized spacial score (nSPS) is 12.9. The van der Waals surface area contributed by atoms with Gasteiger partial charge in [0.2, 0.25) is 0 Å². The van der Waals surface area contributed by atoms with E-state index >= 15 is 0 Å². The number of hydrogen-bond acceptors (Lipinski definition) is 2. The lowest BCUT2D eigenvalue weighted by Gasteiger charge is -2.11. The van der Waals surface area contributed by atoms with Crippen molar-refractivity contribution >= 4 is 21.9 Å². The highest BCUT2D eigenvalue weighted by atomic mass is 79.9. The van der Waals surface area contributed by atoms with Gasteiger partial charge in [0.25, 0.3) is 0 Å². The Morgan fingerprint density at radius 3 is 2.47 bits per heavy atom. The Kier molecular flexibility index (Phi) is 6.85. The molecule has 0 amide bonds. The van der Waals surface area contributed by atoms with Crippen LogP contribution in [0, 0.1) is 12.8 Å². The first-order chi connectivity index (χ1) is 9.00. The van der Waals surface area contributed by atoms with E-state index in [1.165, 1.54) is 11.1 Å². The van der Waals surface area contributed by atoms with Crippen LogP contribution in [0.25, 0.3) is 0 Å². The molecule has 1 rings (SSSR count). The monoisotopic (exact) mass is 324 g/mol. The lowest BCUT2D eigenvalue weighted by molar-refractivity contribution is -0.142. The zero-order chi connectivity index (χ0) is 14.3. The summed E-state index contributed by atoms with van der Waals surface area (Å²) in [6, 6.07) is 8.42. The van der Waals surface area contributed by atoms with Gasteiger partial charge in [0.15, 0.2) is 0 Å². The van der Waals surface area contributed by atoms with Gasteiger partial charge in [0.1, 0.15) is 11.4 Å². The minimum atomic E-state index is -0.224. The van der Waals surface area contributed by atoms with Gasteiger partial charge in [0, 0.05) is 0 Å². The topological polar surface area (TPSA) is 26.3 Å². The van der Waals surface area contributed by atoms with Crippen molar-refractivity contribution in [2.45, 2.75) is 32.0 Å². The van der Waals surface area contributed by atoms with Crippen molar-refractivity contribution in [3.8, 4) is 0 Å². The van der Waals surface area contributed by atoms with Gasteiger partial charge in [-0.2, -0.15) is 0 Å². The van der Waals surface area contributed by atoms with E-state index in [0.29, 0.717) is 6.61 Å². The Labute approximate surface area is 124 Å². The summed E-state index contributed by atoms with van der Waals surface area (Å²) in [6.45, 7) is 6.37. The molecule has 0 bridgehead atoms. The largest absolute Gasteiger partial charge is 0.461 e. The summed E-state index contributed by atoms with van der Waals surface area (Å²) in [5.74, 6) is 0.0408. The van der Waals surface area contributed by atoms with Gasteiger partial charge in [-0.05, 0) is 24.8 Å². The molecule has 0 radical (unpaired) electrons. The van der Waals surface area contributed by atoms with E-state index in [0.717, 1.165) is 6.42 Å². The number of hydrogen-bond donors (Lipinski definition) is 0. The second kappa shape index (κ2) is 8.16. The molecule has 0 N–H and O–H groups in total. The van der Waals surface area contributed by atoms with Crippen molar-refractivity contribution in [3.05, 3.63) is 47.5 Å². The Bertz CT molecular complexity index is 421.